The second-order valence-electron chi connectivity index (χ2n) is 5.20. The van der Waals surface area contributed by atoms with E-state index in [1.807, 2.05) is 49.0 Å². The Bertz CT molecular complexity index is 678. The molecule has 0 radical (unpaired) electrons. The van der Waals surface area contributed by atoms with Gasteiger partial charge in [0.1, 0.15) is 12.4 Å². The monoisotopic (exact) mass is 327 g/mol. The molecule has 0 aliphatic carbocycles. The largest absolute Gasteiger partial charge is 0.489 e. The molecule has 2 rings (SSSR count). The molecular formula is C18H25N5O. The highest BCUT2D eigenvalue weighted by molar-refractivity contribution is 5.79. The van der Waals surface area contributed by atoms with Gasteiger partial charge in [-0.15, -0.1) is 0 Å². The SMILES string of the molecule is C=CCOc1ccccc1CN=C(NCC)NCc1ccnn1C. The molecule has 0 saturated heterocycles. The van der Waals surface area contributed by atoms with Crippen molar-refractivity contribution in [2.45, 2.75) is 20.0 Å². The van der Waals surface area contributed by atoms with Crippen LogP contribution in [0.4, 0.5) is 0 Å². The van der Waals surface area contributed by atoms with Gasteiger partial charge in [0.2, 0.25) is 0 Å². The number of guanidine groups is 1. The Morgan fingerprint density at radius 2 is 2.17 bits per heavy atom. The number of nitrogens with one attached hydrogen (secondary N) is 2. The first kappa shape index (κ1) is 17.6. The van der Waals surface area contributed by atoms with Crippen molar-refractivity contribution in [3.63, 3.8) is 0 Å². The van der Waals surface area contributed by atoms with Crippen molar-refractivity contribution >= 4 is 5.96 Å². The van der Waals surface area contributed by atoms with Gasteiger partial charge in [0.05, 0.1) is 18.8 Å². The van der Waals surface area contributed by atoms with Gasteiger partial charge in [0, 0.05) is 25.4 Å². The summed E-state index contributed by atoms with van der Waals surface area (Å²) < 4.78 is 7.52. The summed E-state index contributed by atoms with van der Waals surface area (Å²) in [6, 6.07) is 9.89. The molecular weight excluding hydrogens is 302 g/mol. The molecule has 0 bridgehead atoms. The third-order valence-corrected chi connectivity index (χ3v) is 3.44. The second-order valence-corrected chi connectivity index (χ2v) is 5.20. The maximum absolute atomic E-state index is 5.67. The summed E-state index contributed by atoms with van der Waals surface area (Å²) in [4.78, 5) is 4.64. The first-order valence-corrected chi connectivity index (χ1v) is 8.05. The zero-order valence-corrected chi connectivity index (χ0v) is 14.3. The maximum Gasteiger partial charge on any atom is 0.191 e. The minimum atomic E-state index is 0.486. The molecule has 0 spiro atoms. The molecule has 0 amide bonds. The standard InChI is InChI=1S/C18H25N5O/c1-4-12-24-17-9-7-6-8-15(17)13-20-18(19-5-2)21-14-16-10-11-22-23(16)3/h4,6-11H,1,5,12-14H2,2-3H3,(H2,19,20,21). The van der Waals surface area contributed by atoms with E-state index in [9.17, 15) is 0 Å². The quantitative estimate of drug-likeness (QED) is 0.443. The lowest BCUT2D eigenvalue weighted by Gasteiger charge is -2.12. The van der Waals surface area contributed by atoms with Crippen molar-refractivity contribution in [2.75, 3.05) is 13.2 Å². The van der Waals surface area contributed by atoms with E-state index in [-0.39, 0.29) is 0 Å². The average Bonchev–Trinajstić information content (AvgIpc) is 3.01. The van der Waals surface area contributed by atoms with E-state index < -0.39 is 0 Å². The number of hydrogen-bond donors (Lipinski definition) is 2. The number of rotatable bonds is 8. The summed E-state index contributed by atoms with van der Waals surface area (Å²) in [5, 5.41) is 10.7. The molecule has 24 heavy (non-hydrogen) atoms. The van der Waals surface area contributed by atoms with Crippen molar-refractivity contribution in [1.29, 1.82) is 0 Å². The van der Waals surface area contributed by atoms with Crippen molar-refractivity contribution in [1.82, 2.24) is 20.4 Å². The van der Waals surface area contributed by atoms with Crippen LogP contribution in [-0.4, -0.2) is 28.9 Å². The highest BCUT2D eigenvalue weighted by Crippen LogP contribution is 2.18. The lowest BCUT2D eigenvalue weighted by Crippen LogP contribution is -2.37. The van der Waals surface area contributed by atoms with Crippen LogP contribution >= 0.6 is 0 Å². The van der Waals surface area contributed by atoms with Gasteiger partial charge in [0.25, 0.3) is 0 Å². The number of aliphatic imine (C=N–C) groups is 1. The number of benzene rings is 1. The van der Waals surface area contributed by atoms with E-state index in [2.05, 4.69) is 27.3 Å². The molecule has 0 atom stereocenters. The molecule has 0 unspecified atom stereocenters. The molecule has 1 heterocycles. The average molecular weight is 327 g/mol. The van der Waals surface area contributed by atoms with Crippen molar-refractivity contribution in [2.24, 2.45) is 12.0 Å². The Hall–Kier alpha value is -2.76. The zero-order chi connectivity index (χ0) is 17.2. The Morgan fingerprint density at radius 3 is 2.88 bits per heavy atom. The van der Waals surface area contributed by atoms with Crippen LogP contribution in [0, 0.1) is 0 Å². The van der Waals surface area contributed by atoms with Gasteiger partial charge < -0.3 is 15.4 Å². The number of hydrogen-bond acceptors (Lipinski definition) is 3. The fraction of sp³-hybridized carbons (Fsp3) is 0.333. The van der Waals surface area contributed by atoms with Gasteiger partial charge >= 0.3 is 0 Å². The Kier molecular flexibility index (Phi) is 6.89. The van der Waals surface area contributed by atoms with Crippen LogP contribution in [0.5, 0.6) is 5.75 Å². The first-order valence-electron chi connectivity index (χ1n) is 8.05. The van der Waals surface area contributed by atoms with E-state index in [4.69, 9.17) is 4.74 Å². The molecule has 1 aromatic heterocycles. The van der Waals surface area contributed by atoms with Crippen LogP contribution in [0.2, 0.25) is 0 Å². The van der Waals surface area contributed by atoms with Crippen LogP contribution in [0.1, 0.15) is 18.2 Å². The highest BCUT2D eigenvalue weighted by Gasteiger charge is 2.04. The molecule has 6 heteroatoms. The lowest BCUT2D eigenvalue weighted by molar-refractivity contribution is 0.359. The van der Waals surface area contributed by atoms with Crippen LogP contribution in [-0.2, 0) is 20.1 Å². The predicted molar refractivity (Wildman–Crippen MR) is 97.0 cm³/mol. The van der Waals surface area contributed by atoms with Crippen LogP contribution in [0.15, 0.2) is 54.2 Å². The summed E-state index contributed by atoms with van der Waals surface area (Å²) >= 11 is 0. The summed E-state index contributed by atoms with van der Waals surface area (Å²) in [5.41, 5.74) is 2.13. The Labute approximate surface area is 143 Å². The number of aromatic nitrogens is 2. The fourth-order valence-electron chi connectivity index (χ4n) is 2.18. The molecule has 0 aliphatic rings. The summed E-state index contributed by atoms with van der Waals surface area (Å²) in [7, 11) is 1.92. The predicted octanol–water partition coefficient (Wildman–Crippen LogP) is 2.24. The number of aryl methyl sites for hydroxylation is 1. The fourth-order valence-corrected chi connectivity index (χ4v) is 2.18. The smallest absolute Gasteiger partial charge is 0.191 e. The van der Waals surface area contributed by atoms with Crippen LogP contribution in [0.25, 0.3) is 0 Å². The minimum absolute atomic E-state index is 0.486. The zero-order valence-electron chi connectivity index (χ0n) is 14.3. The van der Waals surface area contributed by atoms with Crippen LogP contribution in [0.3, 0.4) is 0 Å². The molecule has 0 saturated carbocycles. The Balaban J connectivity index is 2.02. The third-order valence-electron chi connectivity index (χ3n) is 3.44. The highest BCUT2D eigenvalue weighted by atomic mass is 16.5. The van der Waals surface area contributed by atoms with Gasteiger partial charge in [-0.1, -0.05) is 30.9 Å². The van der Waals surface area contributed by atoms with E-state index >= 15 is 0 Å². The molecule has 6 nitrogen and oxygen atoms in total. The lowest BCUT2D eigenvalue weighted by atomic mass is 10.2. The van der Waals surface area contributed by atoms with Crippen molar-refractivity contribution in [3.8, 4) is 5.75 Å². The van der Waals surface area contributed by atoms with Gasteiger partial charge in [-0.25, -0.2) is 4.99 Å². The number of para-hydroxylation sites is 1. The molecule has 2 N–H and O–H groups in total. The minimum Gasteiger partial charge on any atom is -0.489 e. The van der Waals surface area contributed by atoms with E-state index in [1.165, 1.54) is 0 Å². The molecule has 128 valence electrons. The summed E-state index contributed by atoms with van der Waals surface area (Å²) in [6.45, 7) is 8.21. The molecule has 1 aromatic carbocycles. The van der Waals surface area contributed by atoms with Crippen molar-refractivity contribution in [3.05, 3.63) is 60.4 Å². The van der Waals surface area contributed by atoms with E-state index in [0.29, 0.717) is 19.7 Å². The molecule has 0 fully saturated rings. The Morgan fingerprint density at radius 1 is 1.33 bits per heavy atom. The normalized spacial score (nSPS) is 11.2. The van der Waals surface area contributed by atoms with E-state index in [0.717, 1.165) is 29.5 Å². The van der Waals surface area contributed by atoms with E-state index in [1.54, 1.807) is 12.3 Å². The number of nitrogens with zero attached hydrogens (tertiary/aromatic N) is 3. The van der Waals surface area contributed by atoms with Gasteiger partial charge in [0.15, 0.2) is 5.96 Å². The molecule has 0 aliphatic heterocycles. The topological polar surface area (TPSA) is 63.5 Å². The van der Waals surface area contributed by atoms with Crippen molar-refractivity contribution < 1.29 is 4.74 Å². The maximum atomic E-state index is 5.67. The number of ether oxygens (including phenoxy) is 1. The van der Waals surface area contributed by atoms with Gasteiger partial charge in [-0.2, -0.15) is 5.10 Å². The first-order chi connectivity index (χ1) is 11.7. The third kappa shape index (κ3) is 5.15. The summed E-state index contributed by atoms with van der Waals surface area (Å²) in [6.07, 6.45) is 3.52. The second kappa shape index (κ2) is 9.39. The molecule has 2 aromatic rings. The van der Waals surface area contributed by atoms with Gasteiger partial charge in [-0.05, 0) is 19.1 Å². The summed E-state index contributed by atoms with van der Waals surface area (Å²) in [5.74, 6) is 1.60. The van der Waals surface area contributed by atoms with Crippen LogP contribution < -0.4 is 15.4 Å². The van der Waals surface area contributed by atoms with Gasteiger partial charge in [-0.3, -0.25) is 4.68 Å².